The van der Waals surface area contributed by atoms with Crippen LogP contribution in [0, 0.1) is 5.92 Å². The minimum Gasteiger partial charge on any atom is -0.497 e. The molecular weight excluding hydrogens is 444 g/mol. The number of nitrogens with one attached hydrogen (secondary N) is 1. The number of carbonyl (C=O) groups excluding carboxylic acids is 1. The third-order valence-electron chi connectivity index (χ3n) is 6.67. The normalized spacial score (nSPS) is 18.7. The summed E-state index contributed by atoms with van der Waals surface area (Å²) in [7, 11) is 3.17. The molecular formula is C27H28N4O4. The van der Waals surface area contributed by atoms with Crippen molar-refractivity contribution in [3.8, 4) is 11.5 Å². The van der Waals surface area contributed by atoms with Gasteiger partial charge in [-0.15, -0.1) is 0 Å². The van der Waals surface area contributed by atoms with Crippen molar-refractivity contribution in [3.63, 3.8) is 0 Å². The van der Waals surface area contributed by atoms with Crippen LogP contribution in [-0.4, -0.2) is 42.8 Å². The Morgan fingerprint density at radius 3 is 2.74 bits per heavy atom. The molecule has 180 valence electrons. The third kappa shape index (κ3) is 4.77. The average molecular weight is 473 g/mol. The molecule has 2 aliphatic rings. The van der Waals surface area contributed by atoms with Gasteiger partial charge in [-0.1, -0.05) is 6.07 Å². The van der Waals surface area contributed by atoms with E-state index in [1.165, 1.54) is 6.08 Å². The van der Waals surface area contributed by atoms with Crippen molar-refractivity contribution in [1.82, 2.24) is 9.55 Å². The maximum atomic E-state index is 12.4. The van der Waals surface area contributed by atoms with Gasteiger partial charge in [0.2, 0.25) is 5.91 Å². The lowest BCUT2D eigenvalue weighted by Crippen LogP contribution is -2.47. The molecule has 4 heterocycles. The Labute approximate surface area is 203 Å². The Balaban J connectivity index is 1.23. The molecule has 0 spiro atoms. The van der Waals surface area contributed by atoms with Crippen molar-refractivity contribution in [2.45, 2.75) is 18.9 Å². The Morgan fingerprint density at radius 1 is 1.09 bits per heavy atom. The quantitative estimate of drug-likeness (QED) is 0.553. The molecule has 8 nitrogen and oxygen atoms in total. The summed E-state index contributed by atoms with van der Waals surface area (Å²) in [6.45, 7) is 2.44. The highest BCUT2D eigenvalue weighted by molar-refractivity contribution is 6.02. The molecule has 3 aromatic rings. The van der Waals surface area contributed by atoms with Crippen molar-refractivity contribution in [3.05, 3.63) is 82.4 Å². The van der Waals surface area contributed by atoms with Crippen LogP contribution in [0.3, 0.4) is 0 Å². The minimum atomic E-state index is -0.257. The monoisotopic (exact) mass is 472 g/mol. The molecule has 1 saturated heterocycles. The van der Waals surface area contributed by atoms with Gasteiger partial charge >= 0.3 is 0 Å². The number of pyridine rings is 2. The summed E-state index contributed by atoms with van der Waals surface area (Å²) in [5, 5.41) is 2.85. The van der Waals surface area contributed by atoms with Gasteiger partial charge in [-0.2, -0.15) is 0 Å². The van der Waals surface area contributed by atoms with Crippen LogP contribution >= 0.6 is 0 Å². The first-order valence-corrected chi connectivity index (χ1v) is 11.7. The Kier molecular flexibility index (Phi) is 6.27. The van der Waals surface area contributed by atoms with Crippen LogP contribution in [0.1, 0.15) is 23.6 Å². The highest BCUT2D eigenvalue weighted by Crippen LogP contribution is 2.36. The topological polar surface area (TPSA) is 85.7 Å². The van der Waals surface area contributed by atoms with Crippen molar-refractivity contribution < 1.29 is 14.3 Å². The molecule has 0 saturated carbocycles. The second kappa shape index (κ2) is 9.66. The summed E-state index contributed by atoms with van der Waals surface area (Å²) in [5.74, 6) is 2.67. The molecule has 2 aliphatic heterocycles. The van der Waals surface area contributed by atoms with E-state index in [-0.39, 0.29) is 11.5 Å². The predicted molar refractivity (Wildman–Crippen MR) is 135 cm³/mol. The highest BCUT2D eigenvalue weighted by Gasteiger charge is 2.34. The van der Waals surface area contributed by atoms with Crippen LogP contribution in [0.4, 0.5) is 11.5 Å². The van der Waals surface area contributed by atoms with E-state index in [0.29, 0.717) is 29.0 Å². The molecule has 2 atom stereocenters. The predicted octanol–water partition coefficient (Wildman–Crippen LogP) is 3.54. The molecule has 0 radical (unpaired) electrons. The lowest BCUT2D eigenvalue weighted by molar-refractivity contribution is -0.111. The lowest BCUT2D eigenvalue weighted by Gasteiger charge is -2.43. The number of nitrogens with zero attached hydrogens (tertiary/aromatic N) is 3. The first-order chi connectivity index (χ1) is 17.0. The molecule has 35 heavy (non-hydrogen) atoms. The Morgan fingerprint density at radius 2 is 1.97 bits per heavy atom. The first-order valence-electron chi connectivity index (χ1n) is 11.7. The van der Waals surface area contributed by atoms with Crippen LogP contribution in [0.15, 0.2) is 65.6 Å². The molecule has 0 aliphatic carbocycles. The summed E-state index contributed by atoms with van der Waals surface area (Å²) >= 11 is 0. The number of rotatable bonds is 6. The van der Waals surface area contributed by atoms with Gasteiger partial charge in [0.05, 0.1) is 26.1 Å². The number of anilines is 2. The molecule has 2 bridgehead atoms. The number of aromatic nitrogens is 2. The second-order valence-electron chi connectivity index (χ2n) is 8.94. The fourth-order valence-electron chi connectivity index (χ4n) is 5.04. The number of fused-ring (bicyclic) bond motifs is 4. The van der Waals surface area contributed by atoms with E-state index < -0.39 is 0 Å². The number of hydrogen-bond acceptors (Lipinski definition) is 6. The van der Waals surface area contributed by atoms with E-state index in [9.17, 15) is 9.59 Å². The second-order valence-corrected chi connectivity index (χ2v) is 8.94. The van der Waals surface area contributed by atoms with Gasteiger partial charge in [0, 0.05) is 55.0 Å². The lowest BCUT2D eigenvalue weighted by atomic mass is 9.83. The van der Waals surface area contributed by atoms with Gasteiger partial charge in [0.1, 0.15) is 17.3 Å². The minimum absolute atomic E-state index is 0.0864. The smallest absolute Gasteiger partial charge is 0.250 e. The molecule has 2 aromatic heterocycles. The maximum Gasteiger partial charge on any atom is 0.250 e. The number of hydrogen-bond donors (Lipinski definition) is 1. The first kappa shape index (κ1) is 22.7. The highest BCUT2D eigenvalue weighted by atomic mass is 16.5. The van der Waals surface area contributed by atoms with E-state index in [1.54, 1.807) is 38.6 Å². The van der Waals surface area contributed by atoms with Crippen LogP contribution in [0.2, 0.25) is 0 Å². The Bertz CT molecular complexity index is 1320. The fraction of sp³-hybridized carbons (Fsp3) is 0.296. The van der Waals surface area contributed by atoms with E-state index >= 15 is 0 Å². The van der Waals surface area contributed by atoms with E-state index in [1.807, 2.05) is 34.9 Å². The molecule has 1 N–H and O–H groups in total. The number of benzene rings is 1. The summed E-state index contributed by atoms with van der Waals surface area (Å²) in [4.78, 5) is 31.6. The zero-order valence-corrected chi connectivity index (χ0v) is 19.8. The van der Waals surface area contributed by atoms with Crippen LogP contribution in [-0.2, 0) is 11.3 Å². The van der Waals surface area contributed by atoms with E-state index in [0.717, 1.165) is 43.1 Å². The molecule has 0 unspecified atom stereocenters. The van der Waals surface area contributed by atoms with Crippen LogP contribution < -0.4 is 25.2 Å². The summed E-state index contributed by atoms with van der Waals surface area (Å²) in [6, 6.07) is 14.8. The summed E-state index contributed by atoms with van der Waals surface area (Å²) < 4.78 is 12.5. The largest absolute Gasteiger partial charge is 0.497 e. The summed E-state index contributed by atoms with van der Waals surface area (Å²) in [6.07, 6.45) is 5.94. The van der Waals surface area contributed by atoms with Crippen molar-refractivity contribution in [2.24, 2.45) is 5.92 Å². The maximum absolute atomic E-state index is 12.4. The van der Waals surface area contributed by atoms with Gasteiger partial charge in [0.15, 0.2) is 0 Å². The third-order valence-corrected chi connectivity index (χ3v) is 6.67. The van der Waals surface area contributed by atoms with E-state index in [4.69, 9.17) is 9.47 Å². The average Bonchev–Trinajstić information content (AvgIpc) is 2.88. The zero-order valence-electron chi connectivity index (χ0n) is 19.8. The molecule has 8 heteroatoms. The molecule has 1 fully saturated rings. The van der Waals surface area contributed by atoms with Crippen molar-refractivity contribution in [2.75, 3.05) is 37.5 Å². The molecule has 5 rings (SSSR count). The van der Waals surface area contributed by atoms with Gasteiger partial charge in [-0.25, -0.2) is 4.98 Å². The van der Waals surface area contributed by atoms with Crippen LogP contribution in [0.5, 0.6) is 11.5 Å². The van der Waals surface area contributed by atoms with Crippen LogP contribution in [0.25, 0.3) is 6.08 Å². The Hall–Kier alpha value is -4.07. The van der Waals surface area contributed by atoms with Gasteiger partial charge in [-0.3, -0.25) is 9.59 Å². The zero-order chi connectivity index (χ0) is 24.4. The van der Waals surface area contributed by atoms with Crippen molar-refractivity contribution in [1.29, 1.82) is 0 Å². The summed E-state index contributed by atoms with van der Waals surface area (Å²) in [5.41, 5.74) is 2.60. The number of ether oxygens (including phenoxy) is 2. The van der Waals surface area contributed by atoms with Crippen molar-refractivity contribution >= 4 is 23.5 Å². The number of methoxy groups -OCH3 is 2. The fourth-order valence-corrected chi connectivity index (χ4v) is 5.04. The number of carbonyl (C=O) groups is 1. The molecule has 1 amide bonds. The van der Waals surface area contributed by atoms with E-state index in [2.05, 4.69) is 21.3 Å². The standard InChI is InChI=1S/C27H28N4O4/c1-34-22-9-6-19(24(13-22)35-2)7-11-26(32)29-21-8-10-25(28-14-21)30-15-18-12-20(17-30)23-4-3-5-27(33)31(23)16-18/h3-11,13-14,18,20H,12,15-17H2,1-2H3,(H,29,32)/t18-,20-/m0/s1. The number of piperidine rings is 1. The SMILES string of the molecule is COc1ccc(C=CC(=O)Nc2ccc(N3C[C@@H]4C[C@@H](C3)c3cccc(=O)n3C4)nc2)c(OC)c1. The van der Waals surface area contributed by atoms with Gasteiger partial charge in [0.25, 0.3) is 5.56 Å². The molecule has 1 aromatic carbocycles. The van der Waals surface area contributed by atoms with Gasteiger partial charge in [-0.05, 0) is 48.7 Å². The van der Waals surface area contributed by atoms with Gasteiger partial charge < -0.3 is 24.3 Å². The number of amides is 1.